The van der Waals surface area contributed by atoms with E-state index in [2.05, 4.69) is 45.0 Å². The van der Waals surface area contributed by atoms with Gasteiger partial charge in [0.2, 0.25) is 0 Å². The van der Waals surface area contributed by atoms with Crippen molar-refractivity contribution in [3.63, 3.8) is 0 Å². The van der Waals surface area contributed by atoms with Gasteiger partial charge in [-0.05, 0) is 35.8 Å². The molecule has 0 saturated heterocycles. The van der Waals surface area contributed by atoms with E-state index in [0.717, 1.165) is 12.8 Å². The van der Waals surface area contributed by atoms with Crippen molar-refractivity contribution < 1.29 is 5.11 Å². The minimum atomic E-state index is 0.276. The molecule has 0 fully saturated rings. The van der Waals surface area contributed by atoms with Gasteiger partial charge in [-0.2, -0.15) is 0 Å². The first-order chi connectivity index (χ1) is 7.19. The molecule has 84 valence electrons. The second-order valence-corrected chi connectivity index (χ2v) is 4.46. The fraction of sp³-hybridized carbons (Fsp3) is 0.571. The van der Waals surface area contributed by atoms with Crippen LogP contribution in [0.2, 0.25) is 0 Å². The van der Waals surface area contributed by atoms with Crippen LogP contribution in [0.25, 0.3) is 0 Å². The normalized spacial score (nSPS) is 13.1. The van der Waals surface area contributed by atoms with E-state index >= 15 is 0 Å². The summed E-state index contributed by atoms with van der Waals surface area (Å²) in [6.07, 6.45) is 1.95. The van der Waals surface area contributed by atoms with Crippen molar-refractivity contribution in [3.05, 3.63) is 35.4 Å². The Morgan fingerprint density at radius 2 is 1.73 bits per heavy atom. The van der Waals surface area contributed by atoms with Crippen molar-refractivity contribution in [1.29, 1.82) is 0 Å². The van der Waals surface area contributed by atoms with Gasteiger partial charge in [0.15, 0.2) is 0 Å². The molecule has 0 amide bonds. The molecular weight excluding hydrogens is 184 g/mol. The van der Waals surface area contributed by atoms with E-state index < -0.39 is 0 Å². The Hall–Kier alpha value is -0.820. The summed E-state index contributed by atoms with van der Waals surface area (Å²) < 4.78 is 0. The quantitative estimate of drug-likeness (QED) is 0.783. The maximum absolute atomic E-state index is 9.05. The van der Waals surface area contributed by atoms with Crippen molar-refractivity contribution in [3.8, 4) is 0 Å². The average Bonchev–Trinajstić information content (AvgIpc) is 2.26. The first-order valence-corrected chi connectivity index (χ1v) is 5.88. The van der Waals surface area contributed by atoms with Gasteiger partial charge >= 0.3 is 0 Å². The lowest BCUT2D eigenvalue weighted by molar-refractivity contribution is 0.261. The molecule has 1 unspecified atom stereocenters. The second kappa shape index (κ2) is 5.92. The van der Waals surface area contributed by atoms with Gasteiger partial charge in [0, 0.05) is 6.61 Å². The molecule has 1 rings (SSSR count). The summed E-state index contributed by atoms with van der Waals surface area (Å²) in [4.78, 5) is 0. The number of hydrogen-bond acceptors (Lipinski definition) is 1. The third-order valence-corrected chi connectivity index (χ3v) is 3.06. The van der Waals surface area contributed by atoms with Gasteiger partial charge in [0.25, 0.3) is 0 Å². The van der Waals surface area contributed by atoms with Gasteiger partial charge in [-0.3, -0.25) is 0 Å². The molecule has 1 aromatic rings. The van der Waals surface area contributed by atoms with Crippen LogP contribution in [-0.4, -0.2) is 11.7 Å². The van der Waals surface area contributed by atoms with Crippen LogP contribution < -0.4 is 0 Å². The summed E-state index contributed by atoms with van der Waals surface area (Å²) in [5, 5.41) is 9.05. The number of aliphatic hydroxyl groups excluding tert-OH is 1. The summed E-state index contributed by atoms with van der Waals surface area (Å²) in [5.74, 6) is 1.07. The van der Waals surface area contributed by atoms with Crippen LogP contribution >= 0.6 is 0 Å². The Morgan fingerprint density at radius 1 is 1.13 bits per heavy atom. The van der Waals surface area contributed by atoms with Crippen LogP contribution in [-0.2, 0) is 6.42 Å². The molecule has 0 heterocycles. The Balaban J connectivity index is 2.81. The summed E-state index contributed by atoms with van der Waals surface area (Å²) in [6, 6.07) is 8.81. The predicted molar refractivity (Wildman–Crippen MR) is 65.1 cm³/mol. The summed E-state index contributed by atoms with van der Waals surface area (Å²) in [7, 11) is 0. The molecule has 1 atom stereocenters. The maximum atomic E-state index is 9.05. The molecule has 1 nitrogen and oxygen atoms in total. The lowest BCUT2D eigenvalue weighted by Gasteiger charge is -2.20. The number of rotatable bonds is 5. The molecule has 0 radical (unpaired) electrons. The molecule has 0 saturated carbocycles. The molecular formula is C14H22O. The number of aliphatic hydroxyl groups is 1. The minimum Gasteiger partial charge on any atom is -0.396 e. The highest BCUT2D eigenvalue weighted by Crippen LogP contribution is 2.27. The van der Waals surface area contributed by atoms with Crippen LogP contribution in [0.15, 0.2) is 24.3 Å². The van der Waals surface area contributed by atoms with Crippen molar-refractivity contribution in [2.24, 2.45) is 5.92 Å². The first kappa shape index (κ1) is 12.3. The van der Waals surface area contributed by atoms with Gasteiger partial charge in [0.05, 0.1) is 0 Å². The lowest BCUT2D eigenvalue weighted by atomic mass is 9.85. The van der Waals surface area contributed by atoms with Gasteiger partial charge in [-0.15, -0.1) is 0 Å². The molecule has 1 N–H and O–H groups in total. The smallest absolute Gasteiger partial charge is 0.0436 e. The third kappa shape index (κ3) is 3.35. The van der Waals surface area contributed by atoms with Gasteiger partial charge in [0.1, 0.15) is 0 Å². The van der Waals surface area contributed by atoms with Gasteiger partial charge < -0.3 is 5.11 Å². The van der Waals surface area contributed by atoms with E-state index in [-0.39, 0.29) is 6.61 Å². The zero-order valence-corrected chi connectivity index (χ0v) is 10.0. The van der Waals surface area contributed by atoms with Crippen LogP contribution in [0.1, 0.15) is 44.2 Å². The number of aryl methyl sites for hydroxylation is 1. The van der Waals surface area contributed by atoms with Crippen LogP contribution in [0.3, 0.4) is 0 Å². The van der Waals surface area contributed by atoms with Crippen LogP contribution in [0.5, 0.6) is 0 Å². The first-order valence-electron chi connectivity index (χ1n) is 5.88. The Labute approximate surface area is 93.1 Å². The fourth-order valence-electron chi connectivity index (χ4n) is 2.02. The van der Waals surface area contributed by atoms with Gasteiger partial charge in [-0.25, -0.2) is 0 Å². The predicted octanol–water partition coefficient (Wildman–Crippen LogP) is 3.37. The highest BCUT2D eigenvalue weighted by Gasteiger charge is 2.14. The molecule has 0 spiro atoms. The summed E-state index contributed by atoms with van der Waals surface area (Å²) >= 11 is 0. The molecule has 15 heavy (non-hydrogen) atoms. The zero-order valence-electron chi connectivity index (χ0n) is 10.0. The number of hydrogen-bond donors (Lipinski definition) is 1. The maximum Gasteiger partial charge on any atom is 0.0436 e. The second-order valence-electron chi connectivity index (χ2n) is 4.46. The Kier molecular flexibility index (Phi) is 4.83. The monoisotopic (exact) mass is 206 g/mol. The standard InChI is InChI=1S/C14H22O/c1-4-12-5-7-13(8-6-12)14(9-10-15)11(2)3/h5-8,11,14-15H,4,9-10H2,1-3H3. The average molecular weight is 206 g/mol. The van der Waals surface area contributed by atoms with E-state index in [0.29, 0.717) is 11.8 Å². The largest absolute Gasteiger partial charge is 0.396 e. The molecule has 1 aromatic carbocycles. The minimum absolute atomic E-state index is 0.276. The fourth-order valence-corrected chi connectivity index (χ4v) is 2.02. The van der Waals surface area contributed by atoms with E-state index in [1.807, 2.05) is 0 Å². The van der Waals surface area contributed by atoms with E-state index in [4.69, 9.17) is 5.11 Å². The lowest BCUT2D eigenvalue weighted by Crippen LogP contribution is -2.08. The van der Waals surface area contributed by atoms with Crippen molar-refractivity contribution in [1.82, 2.24) is 0 Å². The molecule has 0 aromatic heterocycles. The van der Waals surface area contributed by atoms with Gasteiger partial charge in [-0.1, -0.05) is 45.0 Å². The summed E-state index contributed by atoms with van der Waals surface area (Å²) in [6.45, 7) is 6.88. The molecule has 1 heteroatoms. The molecule has 0 aliphatic carbocycles. The SMILES string of the molecule is CCc1ccc(C(CCO)C(C)C)cc1. The third-order valence-electron chi connectivity index (χ3n) is 3.06. The van der Waals surface area contributed by atoms with Crippen LogP contribution in [0, 0.1) is 5.92 Å². The topological polar surface area (TPSA) is 20.2 Å². The number of benzene rings is 1. The zero-order chi connectivity index (χ0) is 11.3. The van der Waals surface area contributed by atoms with Crippen molar-refractivity contribution in [2.75, 3.05) is 6.61 Å². The highest BCUT2D eigenvalue weighted by molar-refractivity contribution is 5.25. The summed E-state index contributed by atoms with van der Waals surface area (Å²) in [5.41, 5.74) is 2.74. The van der Waals surface area contributed by atoms with Crippen molar-refractivity contribution in [2.45, 2.75) is 39.5 Å². The Morgan fingerprint density at radius 3 is 2.13 bits per heavy atom. The highest BCUT2D eigenvalue weighted by atomic mass is 16.3. The van der Waals surface area contributed by atoms with Crippen LogP contribution in [0.4, 0.5) is 0 Å². The van der Waals surface area contributed by atoms with E-state index in [1.54, 1.807) is 0 Å². The van der Waals surface area contributed by atoms with E-state index in [1.165, 1.54) is 11.1 Å². The van der Waals surface area contributed by atoms with Crippen molar-refractivity contribution >= 4 is 0 Å². The Bertz CT molecular complexity index is 274. The van der Waals surface area contributed by atoms with E-state index in [9.17, 15) is 0 Å². The molecule has 0 bridgehead atoms. The molecule has 0 aliphatic heterocycles. The molecule has 0 aliphatic rings.